The third-order valence-electron chi connectivity index (χ3n) is 4.92. The molecular weight excluding hydrogens is 438 g/mol. The summed E-state index contributed by atoms with van der Waals surface area (Å²) in [6.45, 7) is 2.92. The Morgan fingerprint density at radius 1 is 1.32 bits per heavy atom. The van der Waals surface area contributed by atoms with Gasteiger partial charge in [-0.3, -0.25) is 9.59 Å². The number of thiazole rings is 1. The van der Waals surface area contributed by atoms with Crippen molar-refractivity contribution in [1.29, 1.82) is 0 Å². The van der Waals surface area contributed by atoms with E-state index in [9.17, 15) is 9.59 Å². The van der Waals surface area contributed by atoms with Crippen molar-refractivity contribution in [3.05, 3.63) is 57.5 Å². The van der Waals surface area contributed by atoms with Crippen molar-refractivity contribution in [2.24, 2.45) is 5.92 Å². The number of para-hydroxylation sites is 1. The minimum absolute atomic E-state index is 0.00301. The smallest absolute Gasteiger partial charge is 0.227 e. The fraction of sp³-hybridized carbons (Fsp3) is 0.286. The van der Waals surface area contributed by atoms with Crippen molar-refractivity contribution in [1.82, 2.24) is 10.3 Å². The van der Waals surface area contributed by atoms with Crippen LogP contribution in [-0.4, -0.2) is 29.9 Å². The molecule has 4 rings (SSSR count). The van der Waals surface area contributed by atoms with Gasteiger partial charge >= 0.3 is 0 Å². The van der Waals surface area contributed by atoms with E-state index in [0.29, 0.717) is 19.5 Å². The number of anilines is 1. The fourth-order valence-corrected chi connectivity index (χ4v) is 4.94. The topological polar surface area (TPSA) is 62.3 Å². The molecule has 2 amide bonds. The molecule has 0 saturated carbocycles. The molecule has 1 aromatic heterocycles. The summed E-state index contributed by atoms with van der Waals surface area (Å²) in [7, 11) is 0. The molecule has 0 radical (unpaired) electrons. The maximum absolute atomic E-state index is 12.6. The molecule has 3 aromatic rings. The first-order valence-electron chi connectivity index (χ1n) is 9.20. The molecule has 1 unspecified atom stereocenters. The number of nitrogens with one attached hydrogen (secondary N) is 1. The zero-order valence-corrected chi connectivity index (χ0v) is 17.8. The van der Waals surface area contributed by atoms with Crippen molar-refractivity contribution >= 4 is 55.0 Å². The summed E-state index contributed by atoms with van der Waals surface area (Å²) in [5, 5.41) is 3.99. The fourth-order valence-electron chi connectivity index (χ4n) is 3.50. The minimum atomic E-state index is -0.314. The van der Waals surface area contributed by atoms with E-state index in [1.807, 2.05) is 43.3 Å². The van der Waals surface area contributed by atoms with Gasteiger partial charge in [-0.05, 0) is 42.8 Å². The van der Waals surface area contributed by atoms with Crippen LogP contribution >= 0.6 is 27.3 Å². The summed E-state index contributed by atoms with van der Waals surface area (Å²) in [6.07, 6.45) is 0.948. The molecule has 1 saturated heterocycles. The van der Waals surface area contributed by atoms with Crippen LogP contribution < -0.4 is 10.2 Å². The predicted octanol–water partition coefficient (Wildman–Crippen LogP) is 4.08. The first kappa shape index (κ1) is 19.1. The molecule has 144 valence electrons. The number of hydrogen-bond donors (Lipinski definition) is 1. The monoisotopic (exact) mass is 457 g/mol. The molecule has 0 spiro atoms. The lowest BCUT2D eigenvalue weighted by Gasteiger charge is -2.19. The number of fused-ring (bicyclic) bond motifs is 1. The third-order valence-corrected chi connectivity index (χ3v) is 6.51. The summed E-state index contributed by atoms with van der Waals surface area (Å²) in [5.74, 6) is -0.380. The number of halogens is 1. The van der Waals surface area contributed by atoms with E-state index in [1.54, 1.807) is 16.2 Å². The Morgan fingerprint density at radius 3 is 2.93 bits per heavy atom. The largest absolute Gasteiger partial charge is 0.355 e. The van der Waals surface area contributed by atoms with Gasteiger partial charge in [-0.1, -0.05) is 28.1 Å². The summed E-state index contributed by atoms with van der Waals surface area (Å²) < 4.78 is 2.13. The van der Waals surface area contributed by atoms with Crippen LogP contribution in [0, 0.1) is 12.8 Å². The van der Waals surface area contributed by atoms with Gasteiger partial charge < -0.3 is 10.2 Å². The highest BCUT2D eigenvalue weighted by Gasteiger charge is 2.35. The van der Waals surface area contributed by atoms with Crippen LogP contribution in [0.25, 0.3) is 10.2 Å². The first-order chi connectivity index (χ1) is 13.5. The Morgan fingerprint density at radius 2 is 2.14 bits per heavy atom. The molecule has 1 atom stereocenters. The van der Waals surface area contributed by atoms with Gasteiger partial charge in [0.05, 0.1) is 21.1 Å². The Balaban J connectivity index is 1.34. The van der Waals surface area contributed by atoms with Crippen LogP contribution in [0.1, 0.15) is 17.0 Å². The molecule has 0 aliphatic carbocycles. The number of hydrogen-bond acceptors (Lipinski definition) is 4. The molecule has 0 bridgehead atoms. The Labute approximate surface area is 175 Å². The van der Waals surface area contributed by atoms with Crippen molar-refractivity contribution in [3.63, 3.8) is 0 Å². The molecule has 2 heterocycles. The second-order valence-electron chi connectivity index (χ2n) is 6.95. The lowest BCUT2D eigenvalue weighted by Crippen LogP contribution is -2.34. The van der Waals surface area contributed by atoms with E-state index in [4.69, 9.17) is 0 Å². The number of carbonyl (C=O) groups is 2. The first-order valence-corrected chi connectivity index (χ1v) is 10.8. The Bertz CT molecular complexity index is 1020. The number of amides is 2. The molecular formula is C21H20BrN3O2S. The summed E-state index contributed by atoms with van der Waals surface area (Å²) in [4.78, 5) is 31.3. The highest BCUT2D eigenvalue weighted by molar-refractivity contribution is 9.10. The second kappa shape index (κ2) is 8.01. The van der Waals surface area contributed by atoms with Gasteiger partial charge in [0, 0.05) is 36.1 Å². The van der Waals surface area contributed by atoms with Crippen molar-refractivity contribution in [2.45, 2.75) is 19.8 Å². The van der Waals surface area contributed by atoms with Gasteiger partial charge in [0.1, 0.15) is 0 Å². The van der Waals surface area contributed by atoms with Gasteiger partial charge in [0.2, 0.25) is 11.8 Å². The summed E-state index contributed by atoms with van der Waals surface area (Å²) in [5.41, 5.74) is 2.88. The summed E-state index contributed by atoms with van der Waals surface area (Å²) in [6, 6.07) is 13.8. The number of benzene rings is 2. The van der Waals surface area contributed by atoms with Crippen LogP contribution in [-0.2, 0) is 16.0 Å². The normalized spacial score (nSPS) is 16.7. The SMILES string of the molecule is Cc1cc(Br)ccc1N1CC(C(=O)NCCc2nc3ccccc3s2)CC1=O. The molecule has 5 nitrogen and oxygen atoms in total. The van der Waals surface area contributed by atoms with E-state index in [1.165, 1.54) is 0 Å². The van der Waals surface area contributed by atoms with Crippen LogP contribution in [0.4, 0.5) is 5.69 Å². The lowest BCUT2D eigenvalue weighted by atomic mass is 10.1. The van der Waals surface area contributed by atoms with Gasteiger partial charge in [-0.25, -0.2) is 4.98 Å². The Hall–Kier alpha value is -2.25. The number of carbonyl (C=O) groups excluding carboxylic acids is 2. The van der Waals surface area contributed by atoms with Gasteiger partial charge in [-0.15, -0.1) is 11.3 Å². The van der Waals surface area contributed by atoms with Crippen molar-refractivity contribution < 1.29 is 9.59 Å². The van der Waals surface area contributed by atoms with E-state index in [-0.39, 0.29) is 24.2 Å². The molecule has 1 aliphatic rings. The number of rotatable bonds is 5. The third kappa shape index (κ3) is 3.95. The number of aromatic nitrogens is 1. The average Bonchev–Trinajstić information content (AvgIpc) is 3.25. The van der Waals surface area contributed by atoms with Crippen LogP contribution in [0.2, 0.25) is 0 Å². The lowest BCUT2D eigenvalue weighted by molar-refractivity contribution is -0.126. The van der Waals surface area contributed by atoms with E-state index < -0.39 is 0 Å². The highest BCUT2D eigenvalue weighted by atomic mass is 79.9. The predicted molar refractivity (Wildman–Crippen MR) is 116 cm³/mol. The number of nitrogens with zero attached hydrogens (tertiary/aromatic N) is 2. The van der Waals surface area contributed by atoms with Crippen LogP contribution in [0.5, 0.6) is 0 Å². The zero-order valence-electron chi connectivity index (χ0n) is 15.4. The van der Waals surface area contributed by atoms with Crippen LogP contribution in [0.15, 0.2) is 46.9 Å². The van der Waals surface area contributed by atoms with Gasteiger partial charge in [0.25, 0.3) is 0 Å². The quantitative estimate of drug-likeness (QED) is 0.627. The summed E-state index contributed by atoms with van der Waals surface area (Å²) >= 11 is 5.10. The molecule has 7 heteroatoms. The second-order valence-corrected chi connectivity index (χ2v) is 8.98. The maximum atomic E-state index is 12.6. The minimum Gasteiger partial charge on any atom is -0.355 e. The van der Waals surface area contributed by atoms with Crippen LogP contribution in [0.3, 0.4) is 0 Å². The Kier molecular flexibility index (Phi) is 5.46. The molecule has 1 aliphatic heterocycles. The molecule has 2 aromatic carbocycles. The van der Waals surface area contributed by atoms with Gasteiger partial charge in [-0.2, -0.15) is 0 Å². The number of aryl methyl sites for hydroxylation is 1. The van der Waals surface area contributed by atoms with E-state index in [0.717, 1.165) is 30.9 Å². The maximum Gasteiger partial charge on any atom is 0.227 e. The van der Waals surface area contributed by atoms with Crippen molar-refractivity contribution in [3.8, 4) is 0 Å². The molecule has 1 N–H and O–H groups in total. The van der Waals surface area contributed by atoms with E-state index in [2.05, 4.69) is 32.3 Å². The average molecular weight is 458 g/mol. The van der Waals surface area contributed by atoms with Gasteiger partial charge in [0.15, 0.2) is 0 Å². The molecule has 28 heavy (non-hydrogen) atoms. The molecule has 1 fully saturated rings. The van der Waals surface area contributed by atoms with Crippen molar-refractivity contribution in [2.75, 3.05) is 18.0 Å². The van der Waals surface area contributed by atoms with E-state index >= 15 is 0 Å². The highest BCUT2D eigenvalue weighted by Crippen LogP contribution is 2.30. The standard InChI is InChI=1S/C21H20BrN3O2S/c1-13-10-15(22)6-7-17(13)25-12-14(11-20(25)26)21(27)23-9-8-19-24-16-4-2-3-5-18(16)28-19/h2-7,10,14H,8-9,11-12H2,1H3,(H,23,27). The zero-order chi connectivity index (χ0) is 19.7.